The number of aryl methyl sites for hydroxylation is 1. The van der Waals surface area contributed by atoms with E-state index >= 15 is 0 Å². The number of nitrogens with one attached hydrogen (secondary N) is 2. The summed E-state index contributed by atoms with van der Waals surface area (Å²) >= 11 is 0. The molecule has 134 valence electrons. The Morgan fingerprint density at radius 3 is 2.42 bits per heavy atom. The van der Waals surface area contributed by atoms with E-state index < -0.39 is 0 Å². The van der Waals surface area contributed by atoms with E-state index in [2.05, 4.69) is 34.9 Å². The molecule has 1 saturated heterocycles. The van der Waals surface area contributed by atoms with E-state index in [0.29, 0.717) is 0 Å². The molecule has 1 aliphatic heterocycles. The lowest BCUT2D eigenvalue weighted by Gasteiger charge is -2.31. The second kappa shape index (κ2) is 11.0. The fourth-order valence-corrected chi connectivity index (χ4v) is 3.24. The van der Waals surface area contributed by atoms with Crippen molar-refractivity contribution in [1.82, 2.24) is 15.5 Å². The van der Waals surface area contributed by atoms with Crippen LogP contribution in [0.1, 0.15) is 37.7 Å². The largest absolute Gasteiger partial charge is 0.351 e. The topological polar surface area (TPSA) is 70.4 Å². The minimum absolute atomic E-state index is 0.163. The summed E-state index contributed by atoms with van der Waals surface area (Å²) in [5, 5.41) is 6.98. The van der Waals surface area contributed by atoms with Crippen molar-refractivity contribution in [2.24, 2.45) is 5.73 Å². The molecule has 1 aliphatic rings. The molecule has 0 aromatic heterocycles. The van der Waals surface area contributed by atoms with E-state index in [4.69, 9.17) is 5.73 Å². The Bertz CT molecular complexity index is 466. The maximum atomic E-state index is 12.0. The second-order valence-corrected chi connectivity index (χ2v) is 6.58. The summed E-state index contributed by atoms with van der Waals surface area (Å²) in [4.78, 5) is 13.8. The molecule has 1 aromatic carbocycles. The number of nitrogens with zero attached hydrogens (tertiary/aromatic N) is 1. The number of nitrogens with two attached hydrogens (primary N) is 1. The van der Waals surface area contributed by atoms with Crippen molar-refractivity contribution in [2.45, 2.75) is 44.6 Å². The minimum Gasteiger partial charge on any atom is -0.351 e. The first-order chi connectivity index (χ1) is 11.8. The number of amides is 2. The molecule has 4 N–H and O–H groups in total. The lowest BCUT2D eigenvalue weighted by Crippen LogP contribution is -2.49. The molecule has 1 unspecified atom stereocenters. The summed E-state index contributed by atoms with van der Waals surface area (Å²) in [5.41, 5.74) is 7.00. The van der Waals surface area contributed by atoms with Crippen LogP contribution in [-0.2, 0) is 6.42 Å². The third-order valence-corrected chi connectivity index (χ3v) is 4.67. The average Bonchev–Trinajstić information content (AvgIpc) is 2.61. The Balaban J connectivity index is 1.96. The molecule has 1 heterocycles. The molecule has 24 heavy (non-hydrogen) atoms. The third-order valence-electron chi connectivity index (χ3n) is 4.67. The second-order valence-electron chi connectivity index (χ2n) is 6.58. The number of benzene rings is 1. The summed E-state index contributed by atoms with van der Waals surface area (Å²) in [5.74, 6) is 0. The highest BCUT2D eigenvalue weighted by molar-refractivity contribution is 5.72. The summed E-state index contributed by atoms with van der Waals surface area (Å²) in [7, 11) is 0. The molecule has 1 atom stereocenters. The molecule has 5 heteroatoms. The van der Waals surface area contributed by atoms with Gasteiger partial charge in [-0.1, -0.05) is 30.3 Å². The van der Waals surface area contributed by atoms with Crippen LogP contribution in [-0.4, -0.2) is 49.7 Å². The summed E-state index contributed by atoms with van der Waals surface area (Å²) in [6.07, 6.45) is 6.35. The van der Waals surface area contributed by atoms with Crippen molar-refractivity contribution in [3.8, 4) is 0 Å². The van der Waals surface area contributed by atoms with E-state index in [1.807, 2.05) is 11.0 Å². The van der Waals surface area contributed by atoms with Gasteiger partial charge in [0.1, 0.15) is 0 Å². The highest BCUT2D eigenvalue weighted by Crippen LogP contribution is 2.11. The van der Waals surface area contributed by atoms with Crippen LogP contribution >= 0.6 is 0 Å². The summed E-state index contributed by atoms with van der Waals surface area (Å²) in [6.45, 7) is 4.67. The lowest BCUT2D eigenvalue weighted by atomic mass is 10.0. The Labute approximate surface area is 146 Å². The fourth-order valence-electron chi connectivity index (χ4n) is 3.24. The predicted molar refractivity (Wildman–Crippen MR) is 99.0 cm³/mol. The number of hydrogen-bond donors (Lipinski definition) is 3. The number of carbonyl (C=O) groups excluding carboxylic acids is 1. The highest BCUT2D eigenvalue weighted by Gasteiger charge is 2.21. The van der Waals surface area contributed by atoms with Crippen LogP contribution in [0, 0.1) is 0 Å². The molecule has 0 radical (unpaired) electrons. The number of rotatable bonds is 3. The van der Waals surface area contributed by atoms with Gasteiger partial charge >= 0.3 is 6.03 Å². The number of carbonyl (C=O) groups is 1. The zero-order chi connectivity index (χ0) is 17.0. The minimum atomic E-state index is -0.294. The molecular weight excluding hydrogens is 300 g/mol. The van der Waals surface area contributed by atoms with Gasteiger partial charge in [0.15, 0.2) is 0 Å². The van der Waals surface area contributed by atoms with Crippen LogP contribution in [0.3, 0.4) is 0 Å². The Kier molecular flexibility index (Phi) is 8.63. The van der Waals surface area contributed by atoms with E-state index in [9.17, 15) is 4.79 Å². The summed E-state index contributed by atoms with van der Waals surface area (Å²) < 4.78 is 0. The Hall–Kier alpha value is -1.59. The first-order valence-electron chi connectivity index (χ1n) is 9.29. The highest BCUT2D eigenvalue weighted by atomic mass is 16.2. The number of urea groups is 1. The molecule has 0 bridgehead atoms. The zero-order valence-corrected chi connectivity index (χ0v) is 14.7. The fraction of sp³-hybridized carbons (Fsp3) is 0.632. The van der Waals surface area contributed by atoms with Gasteiger partial charge in [-0.15, -0.1) is 0 Å². The summed E-state index contributed by atoms with van der Waals surface area (Å²) in [6, 6.07) is 10.3. The smallest absolute Gasteiger partial charge is 0.315 e. The maximum Gasteiger partial charge on any atom is 0.315 e. The van der Waals surface area contributed by atoms with Gasteiger partial charge in [0.05, 0.1) is 0 Å². The van der Waals surface area contributed by atoms with Crippen LogP contribution in [0.25, 0.3) is 0 Å². The van der Waals surface area contributed by atoms with Crippen molar-refractivity contribution >= 4 is 6.03 Å². The normalized spacial score (nSPS) is 21.3. The monoisotopic (exact) mass is 332 g/mol. The average molecular weight is 332 g/mol. The number of primary amides is 1. The van der Waals surface area contributed by atoms with Crippen molar-refractivity contribution in [3.63, 3.8) is 0 Å². The van der Waals surface area contributed by atoms with Crippen molar-refractivity contribution in [2.75, 3.05) is 32.7 Å². The van der Waals surface area contributed by atoms with Crippen LogP contribution in [0.5, 0.6) is 0 Å². The Morgan fingerprint density at radius 1 is 1.04 bits per heavy atom. The standard InChI is InChI=1S/C19H32N4O/c20-19(24)23-15-7-6-13-21-12-4-5-14-22-16-18(23)11-10-17-8-2-1-3-9-17/h1-3,8-9,18,21-22H,4-7,10-16H2,(H2,20,24). The quantitative estimate of drug-likeness (QED) is 0.794. The predicted octanol–water partition coefficient (Wildman–Crippen LogP) is 2.12. The third kappa shape index (κ3) is 6.89. The van der Waals surface area contributed by atoms with Gasteiger partial charge in [0, 0.05) is 19.1 Å². The molecule has 0 spiro atoms. The van der Waals surface area contributed by atoms with Gasteiger partial charge in [-0.25, -0.2) is 4.79 Å². The van der Waals surface area contributed by atoms with Gasteiger partial charge < -0.3 is 21.3 Å². The molecule has 1 fully saturated rings. The van der Waals surface area contributed by atoms with E-state index in [0.717, 1.165) is 64.8 Å². The molecule has 0 aliphatic carbocycles. The van der Waals surface area contributed by atoms with Gasteiger partial charge in [-0.2, -0.15) is 0 Å². The van der Waals surface area contributed by atoms with E-state index in [-0.39, 0.29) is 12.1 Å². The SMILES string of the molecule is NC(=O)N1CCCCNCCCCNCC1CCc1ccccc1. The molecule has 5 nitrogen and oxygen atoms in total. The van der Waals surface area contributed by atoms with Gasteiger partial charge in [0.2, 0.25) is 0 Å². The van der Waals surface area contributed by atoms with Crippen molar-refractivity contribution < 1.29 is 4.79 Å². The molecule has 1 aromatic rings. The van der Waals surface area contributed by atoms with Crippen LogP contribution in [0.2, 0.25) is 0 Å². The molecule has 2 rings (SSSR count). The van der Waals surface area contributed by atoms with E-state index in [1.165, 1.54) is 12.0 Å². The Morgan fingerprint density at radius 2 is 1.71 bits per heavy atom. The zero-order valence-electron chi connectivity index (χ0n) is 14.7. The van der Waals surface area contributed by atoms with Crippen LogP contribution in [0.4, 0.5) is 4.79 Å². The molecular formula is C19H32N4O. The van der Waals surface area contributed by atoms with Crippen molar-refractivity contribution in [3.05, 3.63) is 35.9 Å². The van der Waals surface area contributed by atoms with Gasteiger partial charge in [-0.3, -0.25) is 0 Å². The maximum absolute atomic E-state index is 12.0. The van der Waals surface area contributed by atoms with Gasteiger partial charge in [0.25, 0.3) is 0 Å². The van der Waals surface area contributed by atoms with Crippen LogP contribution in [0.15, 0.2) is 30.3 Å². The first-order valence-corrected chi connectivity index (χ1v) is 9.29. The molecule has 2 amide bonds. The first kappa shape index (κ1) is 18.7. The lowest BCUT2D eigenvalue weighted by molar-refractivity contribution is 0.176. The van der Waals surface area contributed by atoms with Crippen LogP contribution < -0.4 is 16.4 Å². The molecule has 0 saturated carbocycles. The van der Waals surface area contributed by atoms with E-state index in [1.54, 1.807) is 0 Å². The van der Waals surface area contributed by atoms with Crippen molar-refractivity contribution in [1.29, 1.82) is 0 Å². The van der Waals surface area contributed by atoms with Gasteiger partial charge in [-0.05, 0) is 63.7 Å². The number of hydrogen-bond acceptors (Lipinski definition) is 3.